The third-order valence-corrected chi connectivity index (χ3v) is 3.83. The van der Waals surface area contributed by atoms with Crippen molar-refractivity contribution in [3.05, 3.63) is 64.7 Å². The number of aliphatic hydroxyl groups excluding tert-OH is 1. The molecule has 0 saturated carbocycles. The second kappa shape index (κ2) is 5.29. The van der Waals surface area contributed by atoms with E-state index in [1.165, 1.54) is 22.3 Å². The fraction of sp³-hybridized carbons (Fsp3) is 0.333. The number of rotatable bonds is 3. The summed E-state index contributed by atoms with van der Waals surface area (Å²) in [6, 6.07) is 14.4. The van der Waals surface area contributed by atoms with Gasteiger partial charge in [0.15, 0.2) is 0 Å². The monoisotopic (exact) mass is 268 g/mol. The Morgan fingerprint density at radius 3 is 2.55 bits per heavy atom. The molecule has 2 unspecified atom stereocenters. The predicted octanol–water partition coefficient (Wildman–Crippen LogP) is 3.21. The number of para-hydroxylation sites is 1. The summed E-state index contributed by atoms with van der Waals surface area (Å²) in [5, 5.41) is 10.4. The van der Waals surface area contributed by atoms with Gasteiger partial charge in [-0.15, -0.1) is 0 Å². The number of aryl methyl sites for hydroxylation is 2. The van der Waals surface area contributed by atoms with Gasteiger partial charge in [-0.3, -0.25) is 0 Å². The first kappa shape index (κ1) is 13.2. The lowest BCUT2D eigenvalue weighted by molar-refractivity contribution is 0.0503. The van der Waals surface area contributed by atoms with Crippen molar-refractivity contribution in [3.8, 4) is 5.75 Å². The fourth-order valence-electron chi connectivity index (χ4n) is 2.98. The van der Waals surface area contributed by atoms with E-state index in [1.54, 1.807) is 0 Å². The number of fused-ring (bicyclic) bond motifs is 1. The second-order valence-corrected chi connectivity index (χ2v) is 5.74. The molecule has 0 radical (unpaired) electrons. The molecule has 0 aromatic heterocycles. The van der Waals surface area contributed by atoms with E-state index in [-0.39, 0.29) is 6.10 Å². The van der Waals surface area contributed by atoms with Gasteiger partial charge in [0.1, 0.15) is 11.9 Å². The van der Waals surface area contributed by atoms with Crippen molar-refractivity contribution < 1.29 is 9.84 Å². The molecule has 2 atom stereocenters. The number of ether oxygens (including phenoxy) is 1. The van der Waals surface area contributed by atoms with Gasteiger partial charge in [-0.25, -0.2) is 0 Å². The highest BCUT2D eigenvalue weighted by atomic mass is 16.5. The van der Waals surface area contributed by atoms with E-state index in [9.17, 15) is 5.11 Å². The number of benzene rings is 2. The Hall–Kier alpha value is -1.80. The minimum Gasteiger partial charge on any atom is -0.487 e. The summed E-state index contributed by atoms with van der Waals surface area (Å²) >= 11 is 0. The smallest absolute Gasteiger partial charge is 0.129 e. The van der Waals surface area contributed by atoms with Gasteiger partial charge in [0, 0.05) is 12.8 Å². The molecule has 0 bridgehead atoms. The fourth-order valence-corrected chi connectivity index (χ4v) is 2.98. The lowest BCUT2D eigenvalue weighted by atomic mass is 9.98. The summed E-state index contributed by atoms with van der Waals surface area (Å²) in [7, 11) is 0. The summed E-state index contributed by atoms with van der Waals surface area (Å²) in [4.78, 5) is 0. The second-order valence-electron chi connectivity index (χ2n) is 5.74. The maximum atomic E-state index is 10.4. The predicted molar refractivity (Wildman–Crippen MR) is 80.2 cm³/mol. The molecule has 0 fully saturated rings. The van der Waals surface area contributed by atoms with Gasteiger partial charge < -0.3 is 9.84 Å². The molecular weight excluding hydrogens is 248 g/mol. The van der Waals surface area contributed by atoms with Crippen LogP contribution in [0.3, 0.4) is 0 Å². The third-order valence-electron chi connectivity index (χ3n) is 3.83. The van der Waals surface area contributed by atoms with Crippen molar-refractivity contribution in [2.24, 2.45) is 0 Å². The normalized spacial score (nSPS) is 18.4. The molecule has 2 aromatic carbocycles. The molecule has 1 aliphatic heterocycles. The highest BCUT2D eigenvalue weighted by Gasteiger charge is 2.28. The summed E-state index contributed by atoms with van der Waals surface area (Å²) in [5.41, 5.74) is 4.84. The Balaban J connectivity index is 1.70. The molecule has 20 heavy (non-hydrogen) atoms. The summed E-state index contributed by atoms with van der Waals surface area (Å²) in [5.74, 6) is 0.914. The van der Waals surface area contributed by atoms with E-state index in [0.29, 0.717) is 6.42 Å². The van der Waals surface area contributed by atoms with Crippen LogP contribution in [0.1, 0.15) is 22.3 Å². The molecule has 1 heterocycles. The molecule has 0 aliphatic carbocycles. The van der Waals surface area contributed by atoms with Crippen molar-refractivity contribution in [2.45, 2.75) is 38.9 Å². The average Bonchev–Trinajstić information content (AvgIpc) is 2.81. The number of hydrogen-bond acceptors (Lipinski definition) is 2. The SMILES string of the molecule is Cc1cc(C)cc(CC(O)C2Cc3ccccc3O2)c1. The maximum absolute atomic E-state index is 10.4. The number of aliphatic hydroxyl groups is 1. The average molecular weight is 268 g/mol. The highest BCUT2D eigenvalue weighted by molar-refractivity contribution is 5.38. The zero-order chi connectivity index (χ0) is 14.1. The quantitative estimate of drug-likeness (QED) is 0.926. The van der Waals surface area contributed by atoms with E-state index in [2.05, 4.69) is 38.1 Å². The van der Waals surface area contributed by atoms with Crippen LogP contribution in [0.4, 0.5) is 0 Å². The van der Waals surface area contributed by atoms with E-state index < -0.39 is 6.10 Å². The van der Waals surface area contributed by atoms with Gasteiger partial charge >= 0.3 is 0 Å². The van der Waals surface area contributed by atoms with Crippen LogP contribution in [0, 0.1) is 13.8 Å². The van der Waals surface area contributed by atoms with Gasteiger partial charge in [-0.05, 0) is 31.0 Å². The Labute approximate surface area is 120 Å². The largest absolute Gasteiger partial charge is 0.487 e. The molecule has 2 nitrogen and oxygen atoms in total. The number of hydrogen-bond donors (Lipinski definition) is 1. The molecule has 1 N–H and O–H groups in total. The summed E-state index contributed by atoms with van der Waals surface area (Å²) in [6.45, 7) is 4.18. The molecule has 1 aliphatic rings. The molecule has 3 rings (SSSR count). The molecule has 104 valence electrons. The van der Waals surface area contributed by atoms with Crippen molar-refractivity contribution >= 4 is 0 Å². The summed E-state index contributed by atoms with van der Waals surface area (Å²) in [6.07, 6.45) is 0.834. The van der Waals surface area contributed by atoms with Gasteiger partial charge in [0.2, 0.25) is 0 Å². The zero-order valence-electron chi connectivity index (χ0n) is 12.0. The Bertz CT molecular complexity index is 573. The molecule has 2 heteroatoms. The van der Waals surface area contributed by atoms with Crippen LogP contribution >= 0.6 is 0 Å². The molecule has 0 amide bonds. The minimum atomic E-state index is -0.469. The Morgan fingerprint density at radius 2 is 1.85 bits per heavy atom. The zero-order valence-corrected chi connectivity index (χ0v) is 12.0. The highest BCUT2D eigenvalue weighted by Crippen LogP contribution is 2.30. The molecule has 0 saturated heterocycles. The summed E-state index contributed by atoms with van der Waals surface area (Å²) < 4.78 is 5.85. The van der Waals surface area contributed by atoms with Crippen LogP contribution < -0.4 is 4.74 Å². The lowest BCUT2D eigenvalue weighted by Crippen LogP contribution is -2.32. The van der Waals surface area contributed by atoms with Gasteiger partial charge in [0.05, 0.1) is 6.10 Å². The molecular formula is C18H20O2. The van der Waals surface area contributed by atoms with Crippen LogP contribution in [0.5, 0.6) is 5.75 Å². The van der Waals surface area contributed by atoms with Crippen LogP contribution in [-0.4, -0.2) is 17.3 Å². The Kier molecular flexibility index (Phi) is 3.49. The van der Waals surface area contributed by atoms with Gasteiger partial charge in [-0.1, -0.05) is 47.5 Å². The standard InChI is InChI=1S/C18H20O2/c1-12-7-13(2)9-14(8-12)10-16(19)18-11-15-5-3-4-6-17(15)20-18/h3-9,16,18-19H,10-11H2,1-2H3. The Morgan fingerprint density at radius 1 is 1.15 bits per heavy atom. The van der Waals surface area contributed by atoms with E-state index in [4.69, 9.17) is 4.74 Å². The maximum Gasteiger partial charge on any atom is 0.129 e. The van der Waals surface area contributed by atoms with Crippen molar-refractivity contribution in [2.75, 3.05) is 0 Å². The first-order chi connectivity index (χ1) is 9.61. The van der Waals surface area contributed by atoms with Crippen molar-refractivity contribution in [1.29, 1.82) is 0 Å². The van der Waals surface area contributed by atoms with E-state index in [1.807, 2.05) is 18.2 Å². The molecule has 2 aromatic rings. The topological polar surface area (TPSA) is 29.5 Å². The lowest BCUT2D eigenvalue weighted by Gasteiger charge is -2.18. The molecule has 0 spiro atoms. The van der Waals surface area contributed by atoms with E-state index >= 15 is 0 Å². The van der Waals surface area contributed by atoms with E-state index in [0.717, 1.165) is 12.2 Å². The van der Waals surface area contributed by atoms with Crippen molar-refractivity contribution in [1.82, 2.24) is 0 Å². The van der Waals surface area contributed by atoms with Gasteiger partial charge in [0.25, 0.3) is 0 Å². The third kappa shape index (κ3) is 2.70. The first-order valence-corrected chi connectivity index (χ1v) is 7.11. The van der Waals surface area contributed by atoms with Crippen LogP contribution in [-0.2, 0) is 12.8 Å². The van der Waals surface area contributed by atoms with Gasteiger partial charge in [-0.2, -0.15) is 0 Å². The van der Waals surface area contributed by atoms with Crippen LogP contribution in [0.25, 0.3) is 0 Å². The van der Waals surface area contributed by atoms with Crippen LogP contribution in [0.15, 0.2) is 42.5 Å². The van der Waals surface area contributed by atoms with Crippen LogP contribution in [0.2, 0.25) is 0 Å². The van der Waals surface area contributed by atoms with Crippen molar-refractivity contribution in [3.63, 3.8) is 0 Å². The minimum absolute atomic E-state index is 0.131. The first-order valence-electron chi connectivity index (χ1n) is 7.11.